The summed E-state index contributed by atoms with van der Waals surface area (Å²) in [5, 5.41) is 2.58. The number of esters is 1. The number of ether oxygens (including phenoxy) is 2. The molecule has 0 bridgehead atoms. The topological polar surface area (TPSA) is 85.8 Å². The van der Waals surface area contributed by atoms with Crippen molar-refractivity contribution >= 4 is 34.8 Å². The van der Waals surface area contributed by atoms with Gasteiger partial charge in [-0.2, -0.15) is 0 Å². The third-order valence-corrected chi connectivity index (χ3v) is 6.64. The van der Waals surface area contributed by atoms with Crippen molar-refractivity contribution in [3.63, 3.8) is 0 Å². The highest BCUT2D eigenvalue weighted by molar-refractivity contribution is 7.13. The van der Waals surface area contributed by atoms with Crippen LogP contribution in [0.3, 0.4) is 0 Å². The van der Waals surface area contributed by atoms with Crippen molar-refractivity contribution in [3.8, 4) is 16.3 Å². The number of fused-ring (bicyclic) bond motifs is 1. The predicted molar refractivity (Wildman–Crippen MR) is 132 cm³/mol. The lowest BCUT2D eigenvalue weighted by Crippen LogP contribution is -2.29. The highest BCUT2D eigenvalue weighted by Gasteiger charge is 2.37. The van der Waals surface area contributed by atoms with Crippen LogP contribution < -0.4 is 9.64 Å². The van der Waals surface area contributed by atoms with Crippen molar-refractivity contribution in [3.05, 3.63) is 100 Å². The minimum atomic E-state index is -0.603. The molecule has 174 valence electrons. The zero-order chi connectivity index (χ0) is 24.5. The van der Waals surface area contributed by atoms with Crippen LogP contribution in [-0.4, -0.2) is 29.9 Å². The Labute approximate surface area is 205 Å². The lowest BCUT2D eigenvalue weighted by Gasteiger charge is -2.16. The molecule has 5 rings (SSSR count). The lowest BCUT2D eigenvalue weighted by atomic mass is 10.1. The third-order valence-electron chi connectivity index (χ3n) is 5.72. The zero-order valence-corrected chi connectivity index (χ0v) is 19.8. The van der Waals surface area contributed by atoms with E-state index in [1.807, 2.05) is 48.7 Å². The molecule has 4 aromatic rings. The minimum Gasteiger partial charge on any atom is -0.496 e. The molecule has 0 atom stereocenters. The number of carbonyl (C=O) groups is 3. The quantitative estimate of drug-likeness (QED) is 0.273. The normalized spacial score (nSPS) is 12.6. The summed E-state index contributed by atoms with van der Waals surface area (Å²) in [6.45, 7) is 1.81. The Hall–Kier alpha value is -4.30. The van der Waals surface area contributed by atoms with Gasteiger partial charge in [0.2, 0.25) is 0 Å². The first-order valence-electron chi connectivity index (χ1n) is 10.8. The standard InChI is InChI=1S/C27H20N2O5S/c1-16-7-3-5-9-22(16)29-25(30)19-12-11-17(13-21(19)26(29)31)27(32)34-14-18-15-35-24(28-18)20-8-4-6-10-23(20)33-2/h3-13,15H,14H2,1-2H3. The van der Waals surface area contributed by atoms with Crippen LogP contribution >= 0.6 is 11.3 Å². The van der Waals surface area contributed by atoms with Gasteiger partial charge in [-0.15, -0.1) is 11.3 Å². The summed E-state index contributed by atoms with van der Waals surface area (Å²) in [5.74, 6) is -0.766. The van der Waals surface area contributed by atoms with Gasteiger partial charge in [0.05, 0.1) is 40.7 Å². The van der Waals surface area contributed by atoms with Crippen LogP contribution in [0.15, 0.2) is 72.1 Å². The number of aryl methyl sites for hydroxylation is 1. The molecule has 0 spiro atoms. The number of nitrogens with zero attached hydrogens (tertiary/aromatic N) is 2. The van der Waals surface area contributed by atoms with Crippen molar-refractivity contribution in [2.75, 3.05) is 12.0 Å². The van der Waals surface area contributed by atoms with Crippen molar-refractivity contribution in [1.82, 2.24) is 4.98 Å². The number of thiazole rings is 1. The largest absolute Gasteiger partial charge is 0.496 e. The van der Waals surface area contributed by atoms with Crippen LogP contribution in [0.4, 0.5) is 5.69 Å². The molecule has 2 amide bonds. The van der Waals surface area contributed by atoms with Crippen LogP contribution in [0.25, 0.3) is 10.6 Å². The molecule has 0 N–H and O–H groups in total. The molecule has 7 nitrogen and oxygen atoms in total. The summed E-state index contributed by atoms with van der Waals surface area (Å²) in [6, 6.07) is 19.1. The number of para-hydroxylation sites is 2. The van der Waals surface area contributed by atoms with Crippen LogP contribution in [0.5, 0.6) is 5.75 Å². The number of aromatic nitrogens is 1. The maximum Gasteiger partial charge on any atom is 0.338 e. The SMILES string of the molecule is COc1ccccc1-c1nc(COC(=O)c2ccc3c(c2)C(=O)N(c2ccccc2C)C3=O)cs1. The molecule has 35 heavy (non-hydrogen) atoms. The molecular formula is C27H20N2O5S. The summed E-state index contributed by atoms with van der Waals surface area (Å²) in [4.78, 5) is 44.3. The van der Waals surface area contributed by atoms with E-state index in [9.17, 15) is 14.4 Å². The number of carbonyl (C=O) groups excluding carboxylic acids is 3. The van der Waals surface area contributed by atoms with Crippen LogP contribution in [0, 0.1) is 6.92 Å². The van der Waals surface area contributed by atoms with Gasteiger partial charge in [-0.25, -0.2) is 14.7 Å². The molecule has 0 radical (unpaired) electrons. The molecule has 1 aromatic heterocycles. The van der Waals surface area contributed by atoms with E-state index in [2.05, 4.69) is 4.98 Å². The fourth-order valence-corrected chi connectivity index (χ4v) is 4.78. The zero-order valence-electron chi connectivity index (χ0n) is 19.0. The van der Waals surface area contributed by atoms with E-state index in [4.69, 9.17) is 9.47 Å². The molecule has 1 aliphatic heterocycles. The molecule has 8 heteroatoms. The Morgan fingerprint density at radius 1 is 0.943 bits per heavy atom. The van der Waals surface area contributed by atoms with Gasteiger partial charge in [-0.05, 0) is 48.9 Å². The summed E-state index contributed by atoms with van der Waals surface area (Å²) in [7, 11) is 1.60. The molecule has 3 aromatic carbocycles. The first kappa shape index (κ1) is 22.5. The number of hydrogen-bond donors (Lipinski definition) is 0. The number of methoxy groups -OCH3 is 1. The predicted octanol–water partition coefficient (Wildman–Crippen LogP) is 5.28. The van der Waals surface area contributed by atoms with E-state index >= 15 is 0 Å². The highest BCUT2D eigenvalue weighted by atomic mass is 32.1. The fourth-order valence-electron chi connectivity index (χ4n) is 3.94. The molecule has 0 saturated carbocycles. The first-order valence-corrected chi connectivity index (χ1v) is 11.7. The number of anilines is 1. The second-order valence-corrected chi connectivity index (χ2v) is 8.77. The fraction of sp³-hybridized carbons (Fsp3) is 0.111. The summed E-state index contributed by atoms with van der Waals surface area (Å²) < 4.78 is 10.8. The van der Waals surface area contributed by atoms with E-state index in [1.54, 1.807) is 19.2 Å². The van der Waals surface area contributed by atoms with E-state index in [0.29, 0.717) is 17.1 Å². The average Bonchev–Trinajstić information content (AvgIpc) is 3.45. The monoisotopic (exact) mass is 484 g/mol. The molecule has 0 unspecified atom stereocenters. The van der Waals surface area contributed by atoms with Crippen molar-refractivity contribution in [2.24, 2.45) is 0 Å². The Bertz CT molecular complexity index is 1480. The van der Waals surface area contributed by atoms with Gasteiger partial charge in [0.25, 0.3) is 11.8 Å². The smallest absolute Gasteiger partial charge is 0.338 e. The molecular weight excluding hydrogens is 464 g/mol. The maximum absolute atomic E-state index is 13.0. The number of rotatable bonds is 6. The van der Waals surface area contributed by atoms with Crippen molar-refractivity contribution in [1.29, 1.82) is 0 Å². The van der Waals surface area contributed by atoms with Gasteiger partial charge in [0.15, 0.2) is 0 Å². The maximum atomic E-state index is 13.0. The second-order valence-electron chi connectivity index (χ2n) is 7.91. The number of imide groups is 1. The van der Waals surface area contributed by atoms with Crippen LogP contribution in [0.1, 0.15) is 42.3 Å². The highest BCUT2D eigenvalue weighted by Crippen LogP contribution is 2.33. The first-order chi connectivity index (χ1) is 17.0. The molecule has 2 heterocycles. The van der Waals surface area contributed by atoms with E-state index in [-0.39, 0.29) is 23.3 Å². The van der Waals surface area contributed by atoms with Gasteiger partial charge >= 0.3 is 5.97 Å². The Kier molecular flexibility index (Phi) is 5.88. The van der Waals surface area contributed by atoms with Crippen LogP contribution in [-0.2, 0) is 11.3 Å². The van der Waals surface area contributed by atoms with E-state index in [0.717, 1.165) is 21.0 Å². The number of amides is 2. The molecule has 0 aliphatic carbocycles. The van der Waals surface area contributed by atoms with Crippen molar-refractivity contribution in [2.45, 2.75) is 13.5 Å². The Balaban J connectivity index is 1.31. The van der Waals surface area contributed by atoms with Gasteiger partial charge in [-0.1, -0.05) is 30.3 Å². The molecule has 0 saturated heterocycles. The minimum absolute atomic E-state index is 0.0240. The van der Waals surface area contributed by atoms with Crippen LogP contribution in [0.2, 0.25) is 0 Å². The van der Waals surface area contributed by atoms with Gasteiger partial charge in [0, 0.05) is 5.38 Å². The van der Waals surface area contributed by atoms with E-state index < -0.39 is 17.8 Å². The second kappa shape index (κ2) is 9.15. The van der Waals surface area contributed by atoms with Gasteiger partial charge < -0.3 is 9.47 Å². The summed E-state index contributed by atoms with van der Waals surface area (Å²) in [6.07, 6.45) is 0. The Morgan fingerprint density at radius 3 is 2.49 bits per heavy atom. The summed E-state index contributed by atoms with van der Waals surface area (Å²) in [5.41, 5.74) is 3.42. The number of hydrogen-bond acceptors (Lipinski definition) is 7. The van der Waals surface area contributed by atoms with Crippen molar-refractivity contribution < 1.29 is 23.9 Å². The molecule has 1 aliphatic rings. The number of benzene rings is 3. The summed E-state index contributed by atoms with van der Waals surface area (Å²) >= 11 is 1.43. The van der Waals surface area contributed by atoms with Gasteiger partial charge in [0.1, 0.15) is 17.4 Å². The average molecular weight is 485 g/mol. The Morgan fingerprint density at radius 2 is 1.69 bits per heavy atom. The molecule has 0 fully saturated rings. The van der Waals surface area contributed by atoms with E-state index in [1.165, 1.54) is 29.5 Å². The van der Waals surface area contributed by atoms with Gasteiger partial charge in [-0.3, -0.25) is 9.59 Å². The third kappa shape index (κ3) is 4.08. The lowest BCUT2D eigenvalue weighted by molar-refractivity contribution is 0.0468.